The summed E-state index contributed by atoms with van der Waals surface area (Å²) in [5.41, 5.74) is 0.823. The molecule has 2 aromatic heterocycles. The number of hydrogen-bond acceptors (Lipinski definition) is 3. The lowest BCUT2D eigenvalue weighted by Gasteiger charge is -2.09. The Morgan fingerprint density at radius 3 is 2.56 bits per heavy atom. The second-order valence-electron chi connectivity index (χ2n) is 6.56. The van der Waals surface area contributed by atoms with Gasteiger partial charge in [-0.3, -0.25) is 0 Å². The average molecular weight is 371 g/mol. The first-order chi connectivity index (χ1) is 12.8. The zero-order chi connectivity index (χ0) is 19.2. The molecule has 0 saturated heterocycles. The lowest BCUT2D eigenvalue weighted by Crippen LogP contribution is -2.06. The Bertz CT molecular complexity index is 1110. The molecule has 0 aliphatic carbocycles. The zero-order valence-corrected chi connectivity index (χ0v) is 14.7. The number of rotatable bonds is 3. The van der Waals surface area contributed by atoms with Crippen LogP contribution in [0.15, 0.2) is 59.3 Å². The summed E-state index contributed by atoms with van der Waals surface area (Å²) in [6, 6.07) is 13.2. The van der Waals surface area contributed by atoms with Crippen molar-refractivity contribution >= 4 is 10.9 Å². The van der Waals surface area contributed by atoms with Crippen LogP contribution in [0.5, 0.6) is 0 Å². The van der Waals surface area contributed by atoms with Crippen LogP contribution in [-0.2, 0) is 6.18 Å². The normalized spacial score (nSPS) is 12.2. The zero-order valence-electron chi connectivity index (χ0n) is 14.7. The van der Waals surface area contributed by atoms with Gasteiger partial charge in [0.1, 0.15) is 0 Å². The van der Waals surface area contributed by atoms with Gasteiger partial charge in [0.25, 0.3) is 5.89 Å². The summed E-state index contributed by atoms with van der Waals surface area (Å²) in [7, 11) is 0. The second-order valence-corrected chi connectivity index (χ2v) is 6.56. The van der Waals surface area contributed by atoms with E-state index in [9.17, 15) is 13.2 Å². The Kier molecular flexibility index (Phi) is 4.02. The number of hydrogen-bond donors (Lipinski definition) is 0. The first-order valence-electron chi connectivity index (χ1n) is 8.46. The van der Waals surface area contributed by atoms with Gasteiger partial charge in [0.2, 0.25) is 5.82 Å². The van der Waals surface area contributed by atoms with Crippen molar-refractivity contribution in [2.45, 2.75) is 26.1 Å². The van der Waals surface area contributed by atoms with E-state index in [0.29, 0.717) is 11.6 Å². The third-order valence-electron chi connectivity index (χ3n) is 4.42. The van der Waals surface area contributed by atoms with Gasteiger partial charge in [-0.05, 0) is 50.2 Å². The van der Waals surface area contributed by atoms with E-state index in [1.807, 2.05) is 30.5 Å². The lowest BCUT2D eigenvalue weighted by molar-refractivity contribution is -0.137. The van der Waals surface area contributed by atoms with Crippen molar-refractivity contribution in [2.75, 3.05) is 0 Å². The van der Waals surface area contributed by atoms with Gasteiger partial charge in [0.05, 0.1) is 11.1 Å². The molecule has 0 bridgehead atoms. The molecule has 4 rings (SSSR count). The van der Waals surface area contributed by atoms with Gasteiger partial charge in [0, 0.05) is 28.7 Å². The Balaban J connectivity index is 1.75. The SMILES string of the molecule is CC(C)n1ccc2cc(-c3noc(-c4ccccc4C(F)(F)F)n3)ccc21. The molecule has 27 heavy (non-hydrogen) atoms. The van der Waals surface area contributed by atoms with E-state index in [0.717, 1.165) is 17.0 Å². The third-order valence-corrected chi connectivity index (χ3v) is 4.42. The molecule has 2 aromatic carbocycles. The molecular formula is C20H16F3N3O. The van der Waals surface area contributed by atoms with Crippen molar-refractivity contribution in [1.29, 1.82) is 0 Å². The number of benzene rings is 2. The summed E-state index contributed by atoms with van der Waals surface area (Å²) < 4.78 is 46.9. The first kappa shape index (κ1) is 17.3. The smallest absolute Gasteiger partial charge is 0.345 e. The highest BCUT2D eigenvalue weighted by Crippen LogP contribution is 2.37. The molecule has 0 N–H and O–H groups in total. The van der Waals surface area contributed by atoms with Crippen LogP contribution in [0.25, 0.3) is 33.7 Å². The van der Waals surface area contributed by atoms with Crippen LogP contribution < -0.4 is 0 Å². The largest absolute Gasteiger partial charge is 0.417 e. The van der Waals surface area contributed by atoms with E-state index in [1.54, 1.807) is 0 Å². The lowest BCUT2D eigenvalue weighted by atomic mass is 10.1. The Morgan fingerprint density at radius 1 is 1.04 bits per heavy atom. The molecule has 138 valence electrons. The van der Waals surface area contributed by atoms with Gasteiger partial charge < -0.3 is 9.09 Å². The minimum absolute atomic E-state index is 0.129. The van der Waals surface area contributed by atoms with Gasteiger partial charge >= 0.3 is 6.18 Å². The van der Waals surface area contributed by atoms with Crippen LogP contribution in [0.3, 0.4) is 0 Å². The fourth-order valence-corrected chi connectivity index (χ4v) is 3.12. The Hall–Kier alpha value is -3.09. The van der Waals surface area contributed by atoms with Crippen LogP contribution in [0, 0.1) is 0 Å². The monoisotopic (exact) mass is 371 g/mol. The molecule has 0 fully saturated rings. The fraction of sp³-hybridized carbons (Fsp3) is 0.200. The molecule has 0 amide bonds. The van der Waals surface area contributed by atoms with E-state index >= 15 is 0 Å². The topological polar surface area (TPSA) is 43.9 Å². The highest BCUT2D eigenvalue weighted by atomic mass is 19.4. The Morgan fingerprint density at radius 2 is 1.81 bits per heavy atom. The highest BCUT2D eigenvalue weighted by molar-refractivity contribution is 5.84. The highest BCUT2D eigenvalue weighted by Gasteiger charge is 2.34. The third kappa shape index (κ3) is 3.09. The summed E-state index contributed by atoms with van der Waals surface area (Å²) >= 11 is 0. The summed E-state index contributed by atoms with van der Waals surface area (Å²) in [5, 5.41) is 4.88. The van der Waals surface area contributed by atoms with Gasteiger partial charge in [0.15, 0.2) is 0 Å². The minimum atomic E-state index is -4.50. The summed E-state index contributed by atoms with van der Waals surface area (Å²) in [4.78, 5) is 4.19. The van der Waals surface area contributed by atoms with E-state index in [1.165, 1.54) is 18.2 Å². The van der Waals surface area contributed by atoms with Gasteiger partial charge in [-0.15, -0.1) is 0 Å². The van der Waals surface area contributed by atoms with Crippen LogP contribution in [0.4, 0.5) is 13.2 Å². The summed E-state index contributed by atoms with van der Waals surface area (Å²) in [6.45, 7) is 4.19. The predicted molar refractivity (Wildman–Crippen MR) is 96.1 cm³/mol. The molecule has 4 aromatic rings. The van der Waals surface area contributed by atoms with Gasteiger partial charge in [-0.25, -0.2) is 0 Å². The molecule has 0 spiro atoms. The average Bonchev–Trinajstić information content (AvgIpc) is 3.27. The van der Waals surface area contributed by atoms with Crippen LogP contribution in [0.1, 0.15) is 25.5 Å². The molecule has 0 unspecified atom stereocenters. The molecule has 0 aliphatic rings. The van der Waals surface area contributed by atoms with Crippen LogP contribution >= 0.6 is 0 Å². The van der Waals surface area contributed by atoms with Crippen molar-refractivity contribution in [3.8, 4) is 22.8 Å². The van der Waals surface area contributed by atoms with E-state index in [-0.39, 0.29) is 17.3 Å². The molecule has 0 saturated carbocycles. The van der Waals surface area contributed by atoms with E-state index in [2.05, 4.69) is 28.6 Å². The molecule has 0 radical (unpaired) electrons. The van der Waals surface area contributed by atoms with E-state index < -0.39 is 11.7 Å². The number of fused-ring (bicyclic) bond motifs is 1. The Labute approximate surface area is 153 Å². The molecule has 7 heteroatoms. The van der Waals surface area contributed by atoms with Gasteiger partial charge in [-0.2, -0.15) is 18.2 Å². The van der Waals surface area contributed by atoms with Crippen molar-refractivity contribution in [2.24, 2.45) is 0 Å². The quantitative estimate of drug-likeness (QED) is 0.446. The van der Waals surface area contributed by atoms with Crippen LogP contribution in [0.2, 0.25) is 0 Å². The summed E-state index contributed by atoms with van der Waals surface area (Å²) in [6.07, 6.45) is -2.50. The molecule has 4 nitrogen and oxygen atoms in total. The maximum absolute atomic E-state index is 13.2. The molecule has 2 heterocycles. The minimum Gasteiger partial charge on any atom is -0.345 e. The van der Waals surface area contributed by atoms with Crippen molar-refractivity contribution in [1.82, 2.24) is 14.7 Å². The van der Waals surface area contributed by atoms with Crippen molar-refractivity contribution < 1.29 is 17.7 Å². The summed E-state index contributed by atoms with van der Waals surface area (Å²) in [5.74, 6) is 0.0962. The molecule has 0 atom stereocenters. The molecule has 0 aliphatic heterocycles. The molecular weight excluding hydrogens is 355 g/mol. The van der Waals surface area contributed by atoms with Crippen LogP contribution in [-0.4, -0.2) is 14.7 Å². The maximum atomic E-state index is 13.2. The number of halogens is 3. The maximum Gasteiger partial charge on any atom is 0.417 e. The predicted octanol–water partition coefficient (Wildman–Crippen LogP) is 5.96. The van der Waals surface area contributed by atoms with Gasteiger partial charge in [-0.1, -0.05) is 17.3 Å². The fourth-order valence-electron chi connectivity index (χ4n) is 3.12. The van der Waals surface area contributed by atoms with Crippen molar-refractivity contribution in [3.63, 3.8) is 0 Å². The number of aromatic nitrogens is 3. The number of nitrogens with zero attached hydrogens (tertiary/aromatic N) is 3. The second kappa shape index (κ2) is 6.26. The standard InChI is InChI=1S/C20H16F3N3O/c1-12(2)26-10-9-13-11-14(7-8-17(13)26)18-24-19(27-25-18)15-5-3-4-6-16(15)20(21,22)23/h3-12H,1-2H3. The van der Waals surface area contributed by atoms with Crippen molar-refractivity contribution in [3.05, 3.63) is 60.3 Å². The van der Waals surface area contributed by atoms with E-state index in [4.69, 9.17) is 4.52 Å². The number of alkyl halides is 3. The first-order valence-corrected chi connectivity index (χ1v) is 8.46.